The van der Waals surface area contributed by atoms with Gasteiger partial charge in [-0.15, -0.1) is 0 Å². The van der Waals surface area contributed by atoms with Crippen LogP contribution in [0.4, 0.5) is 0 Å². The normalized spacial score (nSPS) is 36.3. The summed E-state index contributed by atoms with van der Waals surface area (Å²) in [5.41, 5.74) is 1.67. The molecule has 1 saturated heterocycles. The van der Waals surface area contributed by atoms with Crippen LogP contribution in [0.25, 0.3) is 0 Å². The lowest BCUT2D eigenvalue weighted by atomic mass is 9.53. The van der Waals surface area contributed by atoms with E-state index in [9.17, 15) is 0 Å². The zero-order valence-electron chi connectivity index (χ0n) is 11.5. The third-order valence-corrected chi connectivity index (χ3v) is 4.69. The number of allylic oxidation sites excluding steroid dienone is 1. The maximum atomic E-state index is 5.90. The average Bonchev–Trinajstić information content (AvgIpc) is 2.28. The van der Waals surface area contributed by atoms with Gasteiger partial charge in [0.25, 0.3) is 0 Å². The van der Waals surface area contributed by atoms with Gasteiger partial charge in [0.05, 0.1) is 6.61 Å². The van der Waals surface area contributed by atoms with Gasteiger partial charge in [-0.1, -0.05) is 26.0 Å². The van der Waals surface area contributed by atoms with Crippen molar-refractivity contribution in [1.82, 2.24) is 0 Å². The molecule has 2 aliphatic rings. The minimum Gasteiger partial charge on any atom is -0.353 e. The zero-order valence-corrected chi connectivity index (χ0v) is 11.5. The van der Waals surface area contributed by atoms with Gasteiger partial charge in [0.15, 0.2) is 6.29 Å². The van der Waals surface area contributed by atoms with Gasteiger partial charge in [-0.3, -0.25) is 0 Å². The van der Waals surface area contributed by atoms with Crippen LogP contribution < -0.4 is 0 Å². The van der Waals surface area contributed by atoms with Crippen LogP contribution in [0.5, 0.6) is 0 Å². The largest absolute Gasteiger partial charge is 0.353 e. The topological polar surface area (TPSA) is 18.5 Å². The Balaban J connectivity index is 1.75. The van der Waals surface area contributed by atoms with E-state index in [2.05, 4.69) is 27.4 Å². The molecule has 2 fully saturated rings. The lowest BCUT2D eigenvalue weighted by Crippen LogP contribution is -2.48. The highest BCUT2D eigenvalue weighted by Crippen LogP contribution is 2.54. The molecule has 0 amide bonds. The molecular weight excluding hydrogens is 212 g/mol. The van der Waals surface area contributed by atoms with Crippen LogP contribution in [0.3, 0.4) is 0 Å². The van der Waals surface area contributed by atoms with Gasteiger partial charge in [0.2, 0.25) is 0 Å². The Morgan fingerprint density at radius 3 is 2.71 bits per heavy atom. The minimum absolute atomic E-state index is 0.0587. The predicted octanol–water partition coefficient (Wildman–Crippen LogP) is 3.77. The molecule has 0 bridgehead atoms. The summed E-state index contributed by atoms with van der Waals surface area (Å²) in [6, 6.07) is 0. The van der Waals surface area contributed by atoms with E-state index in [0.29, 0.717) is 17.3 Å². The highest BCUT2D eigenvalue weighted by molar-refractivity contribution is 5.11. The molecule has 0 aromatic rings. The molecule has 1 aliphatic heterocycles. The van der Waals surface area contributed by atoms with Crippen LogP contribution in [0.1, 0.15) is 46.5 Å². The van der Waals surface area contributed by atoms with E-state index in [1.807, 2.05) is 0 Å². The molecule has 0 aromatic carbocycles. The van der Waals surface area contributed by atoms with E-state index >= 15 is 0 Å². The maximum absolute atomic E-state index is 5.90. The van der Waals surface area contributed by atoms with Gasteiger partial charge in [0, 0.05) is 6.61 Å². The van der Waals surface area contributed by atoms with Crippen molar-refractivity contribution in [3.8, 4) is 0 Å². The second kappa shape index (κ2) is 5.11. The summed E-state index contributed by atoms with van der Waals surface area (Å²) in [6.07, 6.45) is 4.79. The van der Waals surface area contributed by atoms with Gasteiger partial charge in [-0.05, 0) is 49.9 Å². The molecule has 0 radical (unpaired) electrons. The van der Waals surface area contributed by atoms with Crippen molar-refractivity contribution >= 4 is 0 Å². The third-order valence-electron chi connectivity index (χ3n) is 4.69. The molecule has 3 atom stereocenters. The quantitative estimate of drug-likeness (QED) is 0.694. The Hall–Kier alpha value is -0.340. The van der Waals surface area contributed by atoms with E-state index in [0.717, 1.165) is 19.6 Å². The number of rotatable bonds is 4. The van der Waals surface area contributed by atoms with E-state index in [1.165, 1.54) is 24.8 Å². The average molecular weight is 238 g/mol. The van der Waals surface area contributed by atoms with Gasteiger partial charge < -0.3 is 9.47 Å². The molecule has 98 valence electrons. The lowest BCUT2D eigenvalue weighted by Gasteiger charge is -2.53. The Kier molecular flexibility index (Phi) is 3.94. The number of hydrogen-bond acceptors (Lipinski definition) is 2. The van der Waals surface area contributed by atoms with Crippen molar-refractivity contribution in [3.63, 3.8) is 0 Å². The van der Waals surface area contributed by atoms with Crippen LogP contribution in [-0.2, 0) is 9.47 Å². The van der Waals surface area contributed by atoms with E-state index in [4.69, 9.17) is 9.47 Å². The molecule has 2 heteroatoms. The second-order valence-corrected chi connectivity index (χ2v) is 6.28. The molecule has 0 aromatic heterocycles. The SMILES string of the molecule is C=C(C)C1CC(COC2CCCCO2)C1(C)C. The maximum Gasteiger partial charge on any atom is 0.157 e. The summed E-state index contributed by atoms with van der Waals surface area (Å²) in [5, 5.41) is 0. The zero-order chi connectivity index (χ0) is 12.5. The molecule has 0 N–H and O–H groups in total. The summed E-state index contributed by atoms with van der Waals surface area (Å²) in [7, 11) is 0. The van der Waals surface area contributed by atoms with Crippen LogP contribution >= 0.6 is 0 Å². The van der Waals surface area contributed by atoms with Crippen molar-refractivity contribution in [1.29, 1.82) is 0 Å². The minimum atomic E-state index is 0.0587. The first kappa shape index (κ1) is 13.1. The Morgan fingerprint density at radius 1 is 1.41 bits per heavy atom. The van der Waals surface area contributed by atoms with Crippen LogP contribution in [-0.4, -0.2) is 19.5 Å². The van der Waals surface area contributed by atoms with Gasteiger partial charge >= 0.3 is 0 Å². The van der Waals surface area contributed by atoms with Gasteiger partial charge in [-0.25, -0.2) is 0 Å². The third kappa shape index (κ3) is 2.74. The molecule has 1 heterocycles. The summed E-state index contributed by atoms with van der Waals surface area (Å²) in [6.45, 7) is 12.6. The highest BCUT2D eigenvalue weighted by atomic mass is 16.7. The summed E-state index contributed by atoms with van der Waals surface area (Å²) in [4.78, 5) is 0. The fourth-order valence-corrected chi connectivity index (χ4v) is 3.20. The summed E-state index contributed by atoms with van der Waals surface area (Å²) >= 11 is 0. The van der Waals surface area contributed by atoms with Crippen molar-refractivity contribution in [2.75, 3.05) is 13.2 Å². The fraction of sp³-hybridized carbons (Fsp3) is 0.867. The lowest BCUT2D eigenvalue weighted by molar-refractivity contribution is -0.188. The van der Waals surface area contributed by atoms with E-state index < -0.39 is 0 Å². The molecule has 3 unspecified atom stereocenters. The predicted molar refractivity (Wildman–Crippen MR) is 69.7 cm³/mol. The van der Waals surface area contributed by atoms with E-state index in [-0.39, 0.29) is 6.29 Å². The standard InChI is InChI=1S/C15H26O2/c1-11(2)13-9-12(15(13,3)4)10-17-14-7-5-6-8-16-14/h12-14H,1,5-10H2,2-4H3. The van der Waals surface area contributed by atoms with Gasteiger partial charge in [0.1, 0.15) is 0 Å². The van der Waals surface area contributed by atoms with Crippen LogP contribution in [0.15, 0.2) is 12.2 Å². The highest BCUT2D eigenvalue weighted by Gasteiger charge is 2.48. The molecule has 1 saturated carbocycles. The monoisotopic (exact) mass is 238 g/mol. The molecule has 2 rings (SSSR count). The summed E-state index contributed by atoms with van der Waals surface area (Å²) < 4.78 is 11.5. The number of hydrogen-bond donors (Lipinski definition) is 0. The first-order valence-electron chi connectivity index (χ1n) is 6.90. The van der Waals surface area contributed by atoms with Crippen LogP contribution in [0, 0.1) is 17.3 Å². The molecule has 0 spiro atoms. The van der Waals surface area contributed by atoms with Gasteiger partial charge in [-0.2, -0.15) is 0 Å². The molecule has 1 aliphatic carbocycles. The van der Waals surface area contributed by atoms with Crippen LogP contribution in [0.2, 0.25) is 0 Å². The Morgan fingerprint density at radius 2 is 2.18 bits per heavy atom. The molecule has 17 heavy (non-hydrogen) atoms. The van der Waals surface area contributed by atoms with Crippen molar-refractivity contribution in [2.24, 2.45) is 17.3 Å². The smallest absolute Gasteiger partial charge is 0.157 e. The Labute approximate surface area is 105 Å². The molecule has 2 nitrogen and oxygen atoms in total. The van der Waals surface area contributed by atoms with Crippen molar-refractivity contribution in [3.05, 3.63) is 12.2 Å². The summed E-state index contributed by atoms with van der Waals surface area (Å²) in [5.74, 6) is 1.33. The van der Waals surface area contributed by atoms with Crippen molar-refractivity contribution in [2.45, 2.75) is 52.7 Å². The fourth-order valence-electron chi connectivity index (χ4n) is 3.20. The molecular formula is C15H26O2. The first-order valence-corrected chi connectivity index (χ1v) is 6.90. The number of ether oxygens (including phenoxy) is 2. The first-order chi connectivity index (χ1) is 8.01. The van der Waals surface area contributed by atoms with Crippen molar-refractivity contribution < 1.29 is 9.47 Å². The Bertz CT molecular complexity index is 277. The second-order valence-electron chi connectivity index (χ2n) is 6.28. The van der Waals surface area contributed by atoms with E-state index in [1.54, 1.807) is 0 Å².